The van der Waals surface area contributed by atoms with Crippen molar-refractivity contribution in [2.45, 2.75) is 0 Å². The summed E-state index contributed by atoms with van der Waals surface area (Å²) in [5, 5.41) is 0. The van der Waals surface area contributed by atoms with E-state index in [1.165, 1.54) is 22.3 Å². The van der Waals surface area contributed by atoms with Crippen LogP contribution in [0.5, 0.6) is 0 Å². The third-order valence-electron chi connectivity index (χ3n) is 2.85. The normalized spacial score (nSPS) is 12.5. The third-order valence-corrected chi connectivity index (χ3v) is 3.34. The molecule has 0 N–H and O–H groups in total. The van der Waals surface area contributed by atoms with Crippen LogP contribution < -0.4 is 0 Å². The van der Waals surface area contributed by atoms with Crippen LogP contribution in [0.25, 0.3) is 16.7 Å². The second kappa shape index (κ2) is 3.07. The second-order valence-electron chi connectivity index (χ2n) is 3.71. The van der Waals surface area contributed by atoms with Gasteiger partial charge in [0.1, 0.15) is 0 Å². The predicted molar refractivity (Wildman–Crippen MR) is 67.7 cm³/mol. The zero-order valence-corrected chi connectivity index (χ0v) is 9.71. The van der Waals surface area contributed by atoms with Gasteiger partial charge in [-0.3, -0.25) is 0 Å². The van der Waals surface area contributed by atoms with E-state index in [1.54, 1.807) is 0 Å². The van der Waals surface area contributed by atoms with Crippen LogP contribution in [0.2, 0.25) is 0 Å². The highest BCUT2D eigenvalue weighted by Crippen LogP contribution is 2.43. The number of halogens is 1. The standard InChI is InChI=1S/C14H9Br/c1-9-11-4-2-3-5-12(11)13-7-6-10(15)8-14(9)13/h2-8H,1H2. The van der Waals surface area contributed by atoms with Gasteiger partial charge in [-0.15, -0.1) is 0 Å². The van der Waals surface area contributed by atoms with Gasteiger partial charge in [0, 0.05) is 4.47 Å². The summed E-state index contributed by atoms with van der Waals surface area (Å²) in [7, 11) is 0. The fourth-order valence-corrected chi connectivity index (χ4v) is 2.49. The van der Waals surface area contributed by atoms with Crippen LogP contribution in [0.1, 0.15) is 11.1 Å². The first-order valence-corrected chi connectivity index (χ1v) is 5.65. The molecule has 1 heteroatoms. The van der Waals surface area contributed by atoms with Crippen LogP contribution in [-0.2, 0) is 0 Å². The van der Waals surface area contributed by atoms with Crippen molar-refractivity contribution in [3.63, 3.8) is 0 Å². The van der Waals surface area contributed by atoms with Crippen LogP contribution >= 0.6 is 15.9 Å². The molecule has 72 valence electrons. The minimum atomic E-state index is 1.11. The van der Waals surface area contributed by atoms with Crippen molar-refractivity contribution in [3.8, 4) is 11.1 Å². The Labute approximate surface area is 97.4 Å². The summed E-state index contributed by atoms with van der Waals surface area (Å²) < 4.78 is 1.11. The molecule has 1 aliphatic carbocycles. The van der Waals surface area contributed by atoms with E-state index in [1.807, 2.05) is 0 Å². The molecule has 0 amide bonds. The number of benzene rings is 2. The zero-order valence-electron chi connectivity index (χ0n) is 8.13. The minimum absolute atomic E-state index is 1.11. The molecule has 0 atom stereocenters. The highest BCUT2D eigenvalue weighted by Gasteiger charge is 2.20. The first-order chi connectivity index (χ1) is 7.27. The van der Waals surface area contributed by atoms with Gasteiger partial charge in [-0.2, -0.15) is 0 Å². The summed E-state index contributed by atoms with van der Waals surface area (Å²) >= 11 is 3.50. The van der Waals surface area contributed by atoms with Crippen molar-refractivity contribution in [2.75, 3.05) is 0 Å². The minimum Gasteiger partial charge on any atom is -0.0905 e. The maximum Gasteiger partial charge on any atom is 0.0181 e. The average Bonchev–Trinajstić information content (AvgIpc) is 2.54. The molecule has 3 rings (SSSR count). The van der Waals surface area contributed by atoms with Crippen LogP contribution in [0.3, 0.4) is 0 Å². The van der Waals surface area contributed by atoms with E-state index in [4.69, 9.17) is 0 Å². The summed E-state index contributed by atoms with van der Waals surface area (Å²) in [6.07, 6.45) is 0. The number of hydrogen-bond acceptors (Lipinski definition) is 0. The van der Waals surface area contributed by atoms with Crippen molar-refractivity contribution in [2.24, 2.45) is 0 Å². The van der Waals surface area contributed by atoms with Crippen molar-refractivity contribution in [3.05, 3.63) is 64.6 Å². The van der Waals surface area contributed by atoms with Gasteiger partial charge in [0.2, 0.25) is 0 Å². The molecule has 0 unspecified atom stereocenters. The Morgan fingerprint density at radius 1 is 0.800 bits per heavy atom. The van der Waals surface area contributed by atoms with Gasteiger partial charge in [0.05, 0.1) is 0 Å². The van der Waals surface area contributed by atoms with Gasteiger partial charge in [0.25, 0.3) is 0 Å². The van der Waals surface area contributed by atoms with E-state index in [9.17, 15) is 0 Å². The van der Waals surface area contributed by atoms with Crippen LogP contribution in [0.15, 0.2) is 53.5 Å². The Bertz CT molecular complexity index is 567. The number of fused-ring (bicyclic) bond motifs is 3. The van der Waals surface area contributed by atoms with Crippen molar-refractivity contribution in [1.82, 2.24) is 0 Å². The molecule has 0 saturated carbocycles. The van der Waals surface area contributed by atoms with E-state index in [2.05, 4.69) is 65.0 Å². The van der Waals surface area contributed by atoms with Gasteiger partial charge in [-0.25, -0.2) is 0 Å². The monoisotopic (exact) mass is 256 g/mol. The molecule has 0 nitrogen and oxygen atoms in total. The second-order valence-corrected chi connectivity index (χ2v) is 4.63. The zero-order chi connectivity index (χ0) is 10.4. The largest absolute Gasteiger partial charge is 0.0905 e. The van der Waals surface area contributed by atoms with E-state index in [0.717, 1.165) is 10.0 Å². The Hall–Kier alpha value is -1.34. The molecule has 0 aliphatic heterocycles. The van der Waals surface area contributed by atoms with Crippen LogP contribution in [0, 0.1) is 0 Å². The summed E-state index contributed by atoms with van der Waals surface area (Å²) in [4.78, 5) is 0. The topological polar surface area (TPSA) is 0 Å². The maximum absolute atomic E-state index is 4.16. The van der Waals surface area contributed by atoms with Crippen LogP contribution in [0.4, 0.5) is 0 Å². The highest BCUT2D eigenvalue weighted by atomic mass is 79.9. The lowest BCUT2D eigenvalue weighted by molar-refractivity contribution is 1.61. The molecule has 0 aromatic heterocycles. The van der Waals surface area contributed by atoms with Gasteiger partial charge >= 0.3 is 0 Å². The molecule has 2 aromatic carbocycles. The first kappa shape index (κ1) is 8.93. The maximum atomic E-state index is 4.16. The number of hydrogen-bond donors (Lipinski definition) is 0. The summed E-state index contributed by atoms with van der Waals surface area (Å²) in [6, 6.07) is 14.8. The van der Waals surface area contributed by atoms with Crippen LogP contribution in [-0.4, -0.2) is 0 Å². The van der Waals surface area contributed by atoms with E-state index in [0.29, 0.717) is 0 Å². The highest BCUT2D eigenvalue weighted by molar-refractivity contribution is 9.10. The third kappa shape index (κ3) is 1.20. The Kier molecular flexibility index (Phi) is 1.83. The van der Waals surface area contributed by atoms with Gasteiger partial charge in [-0.05, 0) is 40.0 Å². The Balaban J connectivity index is 2.38. The summed E-state index contributed by atoms with van der Waals surface area (Å²) in [5.41, 5.74) is 6.21. The Morgan fingerprint density at radius 2 is 1.47 bits per heavy atom. The fraction of sp³-hybridized carbons (Fsp3) is 0. The lowest BCUT2D eigenvalue weighted by Gasteiger charge is -2.00. The molecule has 0 heterocycles. The van der Waals surface area contributed by atoms with E-state index < -0.39 is 0 Å². The van der Waals surface area contributed by atoms with Crippen molar-refractivity contribution < 1.29 is 0 Å². The van der Waals surface area contributed by atoms with Crippen molar-refractivity contribution in [1.29, 1.82) is 0 Å². The van der Waals surface area contributed by atoms with E-state index in [-0.39, 0.29) is 0 Å². The lowest BCUT2D eigenvalue weighted by atomic mass is 10.1. The smallest absolute Gasteiger partial charge is 0.0181 e. The molecular weight excluding hydrogens is 248 g/mol. The van der Waals surface area contributed by atoms with Gasteiger partial charge in [-0.1, -0.05) is 52.8 Å². The molecule has 0 spiro atoms. The summed E-state index contributed by atoms with van der Waals surface area (Å²) in [6.45, 7) is 4.16. The molecule has 2 aromatic rings. The summed E-state index contributed by atoms with van der Waals surface area (Å²) in [5.74, 6) is 0. The predicted octanol–water partition coefficient (Wildman–Crippen LogP) is 4.49. The quantitative estimate of drug-likeness (QED) is 0.556. The SMILES string of the molecule is C=C1c2ccccc2-c2ccc(Br)cc21. The Morgan fingerprint density at radius 3 is 2.27 bits per heavy atom. The van der Waals surface area contributed by atoms with Gasteiger partial charge in [0.15, 0.2) is 0 Å². The molecule has 0 fully saturated rings. The molecule has 1 aliphatic rings. The van der Waals surface area contributed by atoms with Gasteiger partial charge < -0.3 is 0 Å². The molecule has 0 bridgehead atoms. The first-order valence-electron chi connectivity index (χ1n) is 4.86. The fourth-order valence-electron chi connectivity index (χ4n) is 2.13. The number of rotatable bonds is 0. The average molecular weight is 257 g/mol. The molecule has 0 saturated heterocycles. The molecular formula is C14H9Br. The van der Waals surface area contributed by atoms with Crippen molar-refractivity contribution >= 4 is 21.5 Å². The van der Waals surface area contributed by atoms with E-state index >= 15 is 0 Å². The molecule has 0 radical (unpaired) electrons. The lowest BCUT2D eigenvalue weighted by Crippen LogP contribution is -1.77. The molecule has 15 heavy (non-hydrogen) atoms.